The van der Waals surface area contributed by atoms with Crippen molar-refractivity contribution in [3.8, 4) is 5.75 Å². The van der Waals surface area contributed by atoms with Crippen LogP contribution in [0.1, 0.15) is 38.2 Å². The largest absolute Gasteiger partial charge is 0.452 e. The molecular weight excluding hydrogens is 439 g/mol. The molecule has 2 amide bonds. The molecule has 2 atom stereocenters. The Morgan fingerprint density at radius 2 is 1.91 bits per heavy atom. The van der Waals surface area contributed by atoms with E-state index >= 15 is 0 Å². The van der Waals surface area contributed by atoms with Crippen LogP contribution in [0.2, 0.25) is 0 Å². The van der Waals surface area contributed by atoms with Crippen molar-refractivity contribution >= 4 is 23.6 Å². The average Bonchev–Trinajstić information content (AvgIpc) is 2.84. The van der Waals surface area contributed by atoms with Crippen LogP contribution in [0.3, 0.4) is 0 Å². The van der Waals surface area contributed by atoms with E-state index in [0.29, 0.717) is 17.9 Å². The first-order valence-electron chi connectivity index (χ1n) is 11.6. The molecule has 8 nitrogen and oxygen atoms in total. The van der Waals surface area contributed by atoms with E-state index in [2.05, 4.69) is 12.2 Å². The molecular formula is C25H33FN4O4. The zero-order valence-electron chi connectivity index (χ0n) is 19.9. The number of nitrogens with one attached hydrogen (secondary N) is 1. The molecule has 3 N–H and O–H groups in total. The molecule has 0 fully saturated rings. The van der Waals surface area contributed by atoms with Crippen LogP contribution in [-0.4, -0.2) is 51.5 Å². The van der Waals surface area contributed by atoms with E-state index in [9.17, 15) is 14.0 Å². The van der Waals surface area contributed by atoms with Crippen LogP contribution in [-0.2, 0) is 4.74 Å². The van der Waals surface area contributed by atoms with Crippen molar-refractivity contribution in [2.45, 2.75) is 38.6 Å². The number of methoxy groups -OCH3 is 1. The highest BCUT2D eigenvalue weighted by Crippen LogP contribution is 2.39. The summed E-state index contributed by atoms with van der Waals surface area (Å²) in [4.78, 5) is 28.7. The van der Waals surface area contributed by atoms with Crippen molar-refractivity contribution in [1.29, 1.82) is 0 Å². The Bertz CT molecular complexity index is 985. The van der Waals surface area contributed by atoms with Gasteiger partial charge in [-0.3, -0.25) is 9.80 Å². The van der Waals surface area contributed by atoms with Gasteiger partial charge in [0.25, 0.3) is 0 Å². The highest BCUT2D eigenvalue weighted by atomic mass is 19.1. The van der Waals surface area contributed by atoms with E-state index < -0.39 is 18.0 Å². The second-order valence-electron chi connectivity index (χ2n) is 8.32. The first-order chi connectivity index (χ1) is 16.4. The van der Waals surface area contributed by atoms with Gasteiger partial charge in [-0.15, -0.1) is 0 Å². The van der Waals surface area contributed by atoms with Gasteiger partial charge in [0.15, 0.2) is 0 Å². The summed E-state index contributed by atoms with van der Waals surface area (Å²) < 4.78 is 23.8. The number of ether oxygens (including phenoxy) is 2. The normalized spacial score (nSPS) is 16.1. The molecule has 9 heteroatoms. The molecule has 0 radical (unpaired) electrons. The molecule has 1 aliphatic rings. The zero-order valence-corrected chi connectivity index (χ0v) is 19.9. The summed E-state index contributed by atoms with van der Waals surface area (Å²) >= 11 is 0. The summed E-state index contributed by atoms with van der Waals surface area (Å²) in [6.07, 6.45) is 0.695. The number of nitrogens with two attached hydrogens (primary N) is 1. The third-order valence-electron chi connectivity index (χ3n) is 5.96. The Hall–Kier alpha value is -3.17. The van der Waals surface area contributed by atoms with Crippen LogP contribution in [0.4, 0.5) is 25.4 Å². The van der Waals surface area contributed by atoms with Gasteiger partial charge in [0.2, 0.25) is 0 Å². The lowest BCUT2D eigenvalue weighted by atomic mass is 9.94. The van der Waals surface area contributed by atoms with Crippen molar-refractivity contribution in [3.63, 3.8) is 0 Å². The molecule has 0 bridgehead atoms. The number of fused-ring (bicyclic) bond motifs is 1. The minimum atomic E-state index is -0.601. The summed E-state index contributed by atoms with van der Waals surface area (Å²) in [6, 6.07) is 10.7. The molecule has 2 aromatic rings. The van der Waals surface area contributed by atoms with E-state index in [-0.39, 0.29) is 24.3 Å². The van der Waals surface area contributed by atoms with Gasteiger partial charge in [0, 0.05) is 6.54 Å². The summed E-state index contributed by atoms with van der Waals surface area (Å²) in [6.45, 7) is 6.40. The van der Waals surface area contributed by atoms with Crippen molar-refractivity contribution < 1.29 is 23.5 Å². The summed E-state index contributed by atoms with van der Waals surface area (Å²) in [7, 11) is 1.33. The van der Waals surface area contributed by atoms with Gasteiger partial charge in [-0.05, 0) is 80.7 Å². The smallest absolute Gasteiger partial charge is 0.419 e. The van der Waals surface area contributed by atoms with E-state index in [0.717, 1.165) is 31.5 Å². The Balaban J connectivity index is 1.93. The summed E-state index contributed by atoms with van der Waals surface area (Å²) in [5.41, 5.74) is 7.75. The number of benzene rings is 2. The Morgan fingerprint density at radius 1 is 1.18 bits per heavy atom. The SMILES string of the molecule is CCC(CNCCCN)c1ccc2c(c1)N(C(=O)Oc1ccc(F)cc1)C[C@H](C)N2C(=O)OC. The highest BCUT2D eigenvalue weighted by molar-refractivity contribution is 6.01. The third kappa shape index (κ3) is 5.84. The lowest BCUT2D eigenvalue weighted by Crippen LogP contribution is -2.52. The van der Waals surface area contributed by atoms with Gasteiger partial charge in [-0.1, -0.05) is 13.0 Å². The molecule has 184 valence electrons. The van der Waals surface area contributed by atoms with E-state index in [4.69, 9.17) is 15.2 Å². The number of halogens is 1. The fourth-order valence-electron chi connectivity index (χ4n) is 4.11. The number of carbonyl (C=O) groups excluding carboxylic acids is 2. The van der Waals surface area contributed by atoms with Gasteiger partial charge < -0.3 is 20.5 Å². The number of amides is 2. The van der Waals surface area contributed by atoms with Gasteiger partial charge in [-0.2, -0.15) is 0 Å². The molecule has 3 rings (SSSR count). The first kappa shape index (κ1) is 25.5. The number of anilines is 2. The number of hydrogen-bond acceptors (Lipinski definition) is 6. The lowest BCUT2D eigenvalue weighted by molar-refractivity contribution is 0.175. The molecule has 34 heavy (non-hydrogen) atoms. The van der Waals surface area contributed by atoms with Gasteiger partial charge >= 0.3 is 12.2 Å². The topological polar surface area (TPSA) is 97.1 Å². The summed E-state index contributed by atoms with van der Waals surface area (Å²) in [5.74, 6) is 0.0347. The fourth-order valence-corrected chi connectivity index (χ4v) is 4.11. The van der Waals surface area contributed by atoms with Gasteiger partial charge in [-0.25, -0.2) is 14.0 Å². The maximum Gasteiger partial charge on any atom is 0.419 e. The molecule has 0 aliphatic carbocycles. The molecule has 2 aromatic carbocycles. The molecule has 1 heterocycles. The Labute approximate surface area is 199 Å². The number of hydrogen-bond donors (Lipinski definition) is 2. The lowest BCUT2D eigenvalue weighted by Gasteiger charge is -2.40. The number of carbonyl (C=O) groups is 2. The molecule has 0 saturated carbocycles. The van der Waals surface area contributed by atoms with Crippen molar-refractivity contribution in [2.75, 3.05) is 43.1 Å². The van der Waals surface area contributed by atoms with Crippen molar-refractivity contribution in [3.05, 3.63) is 53.8 Å². The average molecular weight is 473 g/mol. The van der Waals surface area contributed by atoms with Crippen LogP contribution < -0.4 is 25.6 Å². The number of rotatable bonds is 8. The molecule has 1 unspecified atom stereocenters. The molecule has 0 aromatic heterocycles. The second-order valence-corrected chi connectivity index (χ2v) is 8.32. The minimum Gasteiger partial charge on any atom is -0.452 e. The maximum atomic E-state index is 13.3. The van der Waals surface area contributed by atoms with E-state index in [1.165, 1.54) is 36.3 Å². The van der Waals surface area contributed by atoms with Gasteiger partial charge in [0.1, 0.15) is 11.6 Å². The first-order valence-corrected chi connectivity index (χ1v) is 11.6. The van der Waals surface area contributed by atoms with Crippen LogP contribution in [0.25, 0.3) is 0 Å². The van der Waals surface area contributed by atoms with E-state index in [1.807, 2.05) is 25.1 Å². The van der Waals surface area contributed by atoms with Crippen LogP contribution in [0.15, 0.2) is 42.5 Å². The fraction of sp³-hybridized carbons (Fsp3) is 0.440. The standard InChI is InChI=1S/C25H33FN4O4/c1-4-18(15-28-13-5-12-27)19-6-11-22-23(14-19)29(16-17(2)30(22)25(32)33-3)24(31)34-21-9-7-20(26)8-10-21/h6-11,14,17-18,28H,4-5,12-13,15-16,27H2,1-3H3/t17-,18?/m0/s1. The van der Waals surface area contributed by atoms with Crippen LogP contribution >= 0.6 is 0 Å². The maximum absolute atomic E-state index is 13.3. The third-order valence-corrected chi connectivity index (χ3v) is 5.96. The van der Waals surface area contributed by atoms with Crippen LogP contribution in [0, 0.1) is 5.82 Å². The second kappa shape index (κ2) is 11.8. The molecule has 1 aliphatic heterocycles. The monoisotopic (exact) mass is 472 g/mol. The zero-order chi connectivity index (χ0) is 24.7. The Morgan fingerprint density at radius 3 is 2.56 bits per heavy atom. The van der Waals surface area contributed by atoms with E-state index in [1.54, 1.807) is 4.90 Å². The van der Waals surface area contributed by atoms with Crippen molar-refractivity contribution in [1.82, 2.24) is 5.32 Å². The predicted octanol–water partition coefficient (Wildman–Crippen LogP) is 4.24. The Kier molecular flexibility index (Phi) is 8.84. The summed E-state index contributed by atoms with van der Waals surface area (Å²) in [5, 5.41) is 3.43. The molecule has 0 spiro atoms. The van der Waals surface area contributed by atoms with Gasteiger partial charge in [0.05, 0.1) is 31.1 Å². The van der Waals surface area contributed by atoms with Crippen molar-refractivity contribution in [2.24, 2.45) is 5.73 Å². The minimum absolute atomic E-state index is 0.212. The molecule has 0 saturated heterocycles. The highest BCUT2D eigenvalue weighted by Gasteiger charge is 2.36. The van der Waals surface area contributed by atoms with Crippen LogP contribution in [0.5, 0.6) is 5.75 Å². The quantitative estimate of drug-likeness (QED) is 0.558. The number of nitrogens with zero attached hydrogens (tertiary/aromatic N) is 2. The predicted molar refractivity (Wildman–Crippen MR) is 130 cm³/mol.